The Bertz CT molecular complexity index is 530. The highest BCUT2D eigenvalue weighted by Crippen LogP contribution is 2.28. The van der Waals surface area contributed by atoms with Crippen LogP contribution in [-0.2, 0) is 10.0 Å². The van der Waals surface area contributed by atoms with Gasteiger partial charge in [0.2, 0.25) is 0 Å². The summed E-state index contributed by atoms with van der Waals surface area (Å²) >= 11 is 0. The van der Waals surface area contributed by atoms with Crippen LogP contribution in [0.3, 0.4) is 0 Å². The van der Waals surface area contributed by atoms with Crippen molar-refractivity contribution in [2.75, 3.05) is 25.0 Å². The summed E-state index contributed by atoms with van der Waals surface area (Å²) in [4.78, 5) is 4.07. The lowest BCUT2D eigenvalue weighted by Crippen LogP contribution is -2.30. The molecule has 1 aromatic rings. The molecule has 19 heavy (non-hydrogen) atoms. The average molecular weight is 283 g/mol. The van der Waals surface area contributed by atoms with E-state index >= 15 is 0 Å². The molecule has 1 aromatic heterocycles. The first kappa shape index (κ1) is 14.3. The Morgan fingerprint density at radius 2 is 2.26 bits per heavy atom. The first-order valence-corrected chi connectivity index (χ1v) is 8.22. The second-order valence-electron chi connectivity index (χ2n) is 4.81. The molecule has 0 bridgehead atoms. The third-order valence-corrected chi connectivity index (χ3v) is 5.37. The van der Waals surface area contributed by atoms with E-state index in [9.17, 15) is 8.42 Å². The van der Waals surface area contributed by atoms with Crippen LogP contribution in [0.25, 0.3) is 0 Å². The Morgan fingerprint density at radius 1 is 1.47 bits per heavy atom. The molecule has 6 heteroatoms. The number of rotatable bonds is 5. The monoisotopic (exact) mass is 283 g/mol. The maximum Gasteiger partial charge on any atom is 0.262 e. The van der Waals surface area contributed by atoms with E-state index in [2.05, 4.69) is 17.2 Å². The van der Waals surface area contributed by atoms with Gasteiger partial charge in [-0.3, -0.25) is 0 Å². The van der Waals surface area contributed by atoms with E-state index in [1.165, 1.54) is 6.20 Å². The van der Waals surface area contributed by atoms with Gasteiger partial charge in [-0.1, -0.05) is 13.3 Å². The standard InChI is InChI=1S/C13H21N3O2S/c1-3-11-7-9-16(10-11)19(17,18)13-12(14-4-2)6-5-8-15-13/h5-6,8,11,14H,3-4,7,9-10H2,1-2H3. The van der Waals surface area contributed by atoms with E-state index in [1.807, 2.05) is 6.92 Å². The smallest absolute Gasteiger partial charge is 0.262 e. The van der Waals surface area contributed by atoms with Crippen molar-refractivity contribution in [2.24, 2.45) is 5.92 Å². The Kier molecular flexibility index (Phi) is 4.42. The van der Waals surface area contributed by atoms with E-state index in [-0.39, 0.29) is 5.03 Å². The zero-order chi connectivity index (χ0) is 13.9. The van der Waals surface area contributed by atoms with Crippen LogP contribution in [0.2, 0.25) is 0 Å². The number of pyridine rings is 1. The fraction of sp³-hybridized carbons (Fsp3) is 0.615. The molecule has 5 nitrogen and oxygen atoms in total. The SMILES string of the molecule is CCNc1cccnc1S(=O)(=O)N1CCC(CC)C1. The van der Waals surface area contributed by atoms with Crippen LogP contribution in [0.15, 0.2) is 23.4 Å². The Labute approximate surface area is 115 Å². The van der Waals surface area contributed by atoms with Crippen LogP contribution >= 0.6 is 0 Å². The zero-order valence-electron chi connectivity index (χ0n) is 11.5. The quantitative estimate of drug-likeness (QED) is 0.897. The summed E-state index contributed by atoms with van der Waals surface area (Å²) in [5.41, 5.74) is 0.588. The van der Waals surface area contributed by atoms with Crippen molar-refractivity contribution in [3.63, 3.8) is 0 Å². The maximum atomic E-state index is 12.6. The van der Waals surface area contributed by atoms with Gasteiger partial charge in [-0.2, -0.15) is 4.31 Å². The summed E-state index contributed by atoms with van der Waals surface area (Å²) in [5, 5.41) is 3.21. The van der Waals surface area contributed by atoms with Crippen molar-refractivity contribution < 1.29 is 8.42 Å². The number of nitrogens with one attached hydrogen (secondary N) is 1. The molecule has 0 aromatic carbocycles. The minimum atomic E-state index is -3.47. The molecule has 0 spiro atoms. The summed E-state index contributed by atoms with van der Waals surface area (Å²) in [7, 11) is -3.47. The minimum Gasteiger partial charge on any atom is -0.383 e. The molecular formula is C13H21N3O2S. The van der Waals surface area contributed by atoms with E-state index < -0.39 is 10.0 Å². The third kappa shape index (κ3) is 2.90. The molecule has 106 valence electrons. The van der Waals surface area contributed by atoms with Crippen molar-refractivity contribution in [3.8, 4) is 0 Å². The van der Waals surface area contributed by atoms with Gasteiger partial charge in [-0.15, -0.1) is 0 Å². The van der Waals surface area contributed by atoms with E-state index in [0.29, 0.717) is 31.2 Å². The Balaban J connectivity index is 2.30. The van der Waals surface area contributed by atoms with E-state index in [0.717, 1.165) is 12.8 Å². The van der Waals surface area contributed by atoms with Gasteiger partial charge in [-0.05, 0) is 31.4 Å². The molecule has 0 amide bonds. The summed E-state index contributed by atoms with van der Waals surface area (Å²) in [6, 6.07) is 3.51. The molecule has 1 atom stereocenters. The third-order valence-electron chi connectivity index (χ3n) is 3.55. The van der Waals surface area contributed by atoms with Crippen molar-refractivity contribution in [3.05, 3.63) is 18.3 Å². The summed E-state index contributed by atoms with van der Waals surface area (Å²) in [5.74, 6) is 0.473. The van der Waals surface area contributed by atoms with Crippen molar-refractivity contribution in [1.29, 1.82) is 0 Å². The summed E-state index contributed by atoms with van der Waals surface area (Å²) < 4.78 is 26.8. The lowest BCUT2D eigenvalue weighted by Gasteiger charge is -2.18. The number of aromatic nitrogens is 1. The lowest BCUT2D eigenvalue weighted by atomic mass is 10.1. The predicted octanol–water partition coefficient (Wildman–Crippen LogP) is 1.93. The molecular weight excluding hydrogens is 262 g/mol. The highest BCUT2D eigenvalue weighted by molar-refractivity contribution is 7.89. The highest BCUT2D eigenvalue weighted by atomic mass is 32.2. The van der Waals surface area contributed by atoms with E-state index in [4.69, 9.17) is 0 Å². The number of hydrogen-bond donors (Lipinski definition) is 1. The number of nitrogens with zero attached hydrogens (tertiary/aromatic N) is 2. The predicted molar refractivity (Wildman–Crippen MR) is 75.6 cm³/mol. The highest BCUT2D eigenvalue weighted by Gasteiger charge is 2.33. The van der Waals surface area contributed by atoms with Crippen LogP contribution in [0.4, 0.5) is 5.69 Å². The van der Waals surface area contributed by atoms with Gasteiger partial charge in [0.1, 0.15) is 0 Å². The average Bonchev–Trinajstić information content (AvgIpc) is 2.89. The van der Waals surface area contributed by atoms with E-state index in [1.54, 1.807) is 16.4 Å². The lowest BCUT2D eigenvalue weighted by molar-refractivity contribution is 0.451. The van der Waals surface area contributed by atoms with Crippen molar-refractivity contribution >= 4 is 15.7 Å². The molecule has 1 saturated heterocycles. The van der Waals surface area contributed by atoms with Crippen molar-refractivity contribution in [2.45, 2.75) is 31.7 Å². The van der Waals surface area contributed by atoms with Crippen molar-refractivity contribution in [1.82, 2.24) is 9.29 Å². The van der Waals surface area contributed by atoms with Gasteiger partial charge in [0.25, 0.3) is 10.0 Å². The molecule has 0 aliphatic carbocycles. The fourth-order valence-electron chi connectivity index (χ4n) is 2.39. The van der Waals surface area contributed by atoms with Gasteiger partial charge in [-0.25, -0.2) is 13.4 Å². The second kappa shape index (κ2) is 5.88. The van der Waals surface area contributed by atoms with Crippen LogP contribution in [0.1, 0.15) is 26.7 Å². The number of sulfonamides is 1. The first-order chi connectivity index (χ1) is 9.09. The van der Waals surface area contributed by atoms with Crippen LogP contribution in [0.5, 0.6) is 0 Å². The fourth-order valence-corrected chi connectivity index (χ4v) is 4.00. The van der Waals surface area contributed by atoms with Gasteiger partial charge in [0, 0.05) is 25.8 Å². The molecule has 2 rings (SSSR count). The minimum absolute atomic E-state index is 0.147. The molecule has 0 saturated carbocycles. The number of anilines is 1. The molecule has 1 aliphatic rings. The second-order valence-corrected chi connectivity index (χ2v) is 6.67. The van der Waals surface area contributed by atoms with Gasteiger partial charge in [0.05, 0.1) is 5.69 Å². The summed E-state index contributed by atoms with van der Waals surface area (Å²) in [6.45, 7) is 5.92. The van der Waals surface area contributed by atoms with Crippen LogP contribution < -0.4 is 5.32 Å². The molecule has 1 aliphatic heterocycles. The topological polar surface area (TPSA) is 62.3 Å². The Hall–Kier alpha value is -1.14. The molecule has 1 unspecified atom stereocenters. The Morgan fingerprint density at radius 3 is 2.89 bits per heavy atom. The van der Waals surface area contributed by atoms with Gasteiger partial charge in [0.15, 0.2) is 5.03 Å². The summed E-state index contributed by atoms with van der Waals surface area (Å²) in [6.07, 6.45) is 3.49. The van der Waals surface area contributed by atoms with Crippen LogP contribution in [0, 0.1) is 5.92 Å². The molecule has 1 N–H and O–H groups in total. The maximum absolute atomic E-state index is 12.6. The number of hydrogen-bond acceptors (Lipinski definition) is 4. The van der Waals surface area contributed by atoms with Gasteiger partial charge >= 0.3 is 0 Å². The zero-order valence-corrected chi connectivity index (χ0v) is 12.3. The normalized spacial score (nSPS) is 20.6. The molecule has 2 heterocycles. The largest absolute Gasteiger partial charge is 0.383 e. The first-order valence-electron chi connectivity index (χ1n) is 6.78. The molecule has 1 fully saturated rings. The van der Waals surface area contributed by atoms with Gasteiger partial charge < -0.3 is 5.32 Å². The van der Waals surface area contributed by atoms with Crippen LogP contribution in [-0.4, -0.2) is 37.3 Å². The molecule has 0 radical (unpaired) electrons.